The van der Waals surface area contributed by atoms with Crippen molar-refractivity contribution in [1.82, 2.24) is 5.32 Å². The summed E-state index contributed by atoms with van der Waals surface area (Å²) in [6.45, 7) is 0. The predicted molar refractivity (Wildman–Crippen MR) is 78.0 cm³/mol. The summed E-state index contributed by atoms with van der Waals surface area (Å²) in [5, 5.41) is 3.14. The number of ether oxygens (including phenoxy) is 1. The highest BCUT2D eigenvalue weighted by Gasteiger charge is 2.18. The van der Waals surface area contributed by atoms with Crippen LogP contribution < -0.4 is 10.1 Å². The van der Waals surface area contributed by atoms with Crippen molar-refractivity contribution in [1.29, 1.82) is 0 Å². The highest BCUT2D eigenvalue weighted by Crippen LogP contribution is 2.30. The van der Waals surface area contributed by atoms with Gasteiger partial charge in [0.1, 0.15) is 0 Å². The molecule has 0 aliphatic heterocycles. The van der Waals surface area contributed by atoms with Crippen molar-refractivity contribution < 1.29 is 9.13 Å². The Morgan fingerprint density at radius 1 is 1.21 bits per heavy atom. The molecule has 2 aromatic rings. The Morgan fingerprint density at radius 2 is 1.95 bits per heavy atom. The lowest BCUT2D eigenvalue weighted by Crippen LogP contribution is -2.19. The summed E-state index contributed by atoms with van der Waals surface area (Å²) >= 11 is 3.43. The first-order chi connectivity index (χ1) is 9.17. The van der Waals surface area contributed by atoms with Crippen LogP contribution in [0.3, 0.4) is 0 Å². The van der Waals surface area contributed by atoms with Gasteiger partial charge in [0.15, 0.2) is 11.6 Å². The van der Waals surface area contributed by atoms with E-state index in [1.807, 2.05) is 31.3 Å². The molecule has 100 valence electrons. The van der Waals surface area contributed by atoms with E-state index in [0.29, 0.717) is 5.56 Å². The Kier molecular flexibility index (Phi) is 4.56. The second-order valence-corrected chi connectivity index (χ2v) is 5.06. The fraction of sp³-hybridized carbons (Fsp3) is 0.200. The number of hydrogen-bond donors (Lipinski definition) is 1. The number of nitrogens with one attached hydrogen (secondary N) is 1. The summed E-state index contributed by atoms with van der Waals surface area (Å²) in [5.74, 6) is -0.0722. The van der Waals surface area contributed by atoms with E-state index in [1.165, 1.54) is 7.11 Å². The number of methoxy groups -OCH3 is 1. The van der Waals surface area contributed by atoms with Crippen LogP contribution in [0.4, 0.5) is 4.39 Å². The molecule has 0 heterocycles. The van der Waals surface area contributed by atoms with E-state index in [9.17, 15) is 4.39 Å². The molecule has 2 nitrogen and oxygen atoms in total. The Labute approximate surface area is 120 Å². The summed E-state index contributed by atoms with van der Waals surface area (Å²) in [6, 6.07) is 12.8. The maximum Gasteiger partial charge on any atom is 0.170 e. The van der Waals surface area contributed by atoms with Gasteiger partial charge in [-0.05, 0) is 30.8 Å². The van der Waals surface area contributed by atoms with Gasteiger partial charge < -0.3 is 10.1 Å². The van der Waals surface area contributed by atoms with Gasteiger partial charge in [0.05, 0.1) is 13.2 Å². The number of halogens is 2. The molecule has 1 N–H and O–H groups in total. The molecule has 0 aromatic heterocycles. The number of rotatable bonds is 4. The van der Waals surface area contributed by atoms with Crippen LogP contribution in [0.25, 0.3) is 0 Å². The van der Waals surface area contributed by atoms with E-state index in [-0.39, 0.29) is 17.6 Å². The van der Waals surface area contributed by atoms with Crippen molar-refractivity contribution in [2.45, 2.75) is 6.04 Å². The normalized spacial score (nSPS) is 12.2. The minimum Gasteiger partial charge on any atom is -0.494 e. The van der Waals surface area contributed by atoms with E-state index < -0.39 is 0 Å². The first-order valence-corrected chi connectivity index (χ1v) is 6.71. The molecule has 2 aromatic carbocycles. The maximum atomic E-state index is 14.3. The van der Waals surface area contributed by atoms with Crippen molar-refractivity contribution in [3.8, 4) is 5.75 Å². The molecule has 19 heavy (non-hydrogen) atoms. The average Bonchev–Trinajstić information content (AvgIpc) is 2.41. The van der Waals surface area contributed by atoms with Gasteiger partial charge in [-0.3, -0.25) is 0 Å². The average molecular weight is 324 g/mol. The van der Waals surface area contributed by atoms with Gasteiger partial charge in [-0.15, -0.1) is 0 Å². The van der Waals surface area contributed by atoms with Crippen LogP contribution in [0, 0.1) is 5.82 Å². The van der Waals surface area contributed by atoms with E-state index in [2.05, 4.69) is 21.2 Å². The van der Waals surface area contributed by atoms with Gasteiger partial charge in [0.2, 0.25) is 0 Å². The summed E-state index contributed by atoms with van der Waals surface area (Å²) in [4.78, 5) is 0. The fourth-order valence-electron chi connectivity index (χ4n) is 2.10. The molecule has 1 unspecified atom stereocenters. The molecule has 4 heteroatoms. The molecular weight excluding hydrogens is 309 g/mol. The lowest BCUT2D eigenvalue weighted by atomic mass is 9.98. The summed E-state index contributed by atoms with van der Waals surface area (Å²) in [7, 11) is 3.28. The van der Waals surface area contributed by atoms with Crippen molar-refractivity contribution in [3.05, 3.63) is 63.9 Å². The van der Waals surface area contributed by atoms with E-state index >= 15 is 0 Å². The standard InChI is InChI=1S/C15H15BrFNO/c1-18-15(10-5-3-6-11(16)9-10)12-7-4-8-13(19-2)14(12)17/h3-9,15,18H,1-2H3. The van der Waals surface area contributed by atoms with Crippen molar-refractivity contribution >= 4 is 15.9 Å². The van der Waals surface area contributed by atoms with Gasteiger partial charge in [-0.1, -0.05) is 40.2 Å². The molecule has 0 aliphatic rings. The third-order valence-corrected chi connectivity index (χ3v) is 3.49. The SMILES string of the molecule is CNC(c1cccc(Br)c1)c1cccc(OC)c1F. The molecule has 1 atom stereocenters. The highest BCUT2D eigenvalue weighted by atomic mass is 79.9. The van der Waals surface area contributed by atoms with E-state index in [4.69, 9.17) is 4.74 Å². The van der Waals surface area contributed by atoms with E-state index in [0.717, 1.165) is 10.0 Å². The molecule has 0 bridgehead atoms. The second-order valence-electron chi connectivity index (χ2n) is 4.14. The summed E-state index contributed by atoms with van der Waals surface area (Å²) in [6.07, 6.45) is 0. The Morgan fingerprint density at radius 3 is 2.58 bits per heavy atom. The Balaban J connectivity index is 2.48. The number of hydrogen-bond acceptors (Lipinski definition) is 2. The minimum absolute atomic E-state index is 0.215. The monoisotopic (exact) mass is 323 g/mol. The molecule has 0 radical (unpaired) electrons. The number of benzene rings is 2. The molecule has 0 saturated heterocycles. The maximum absolute atomic E-state index is 14.3. The van der Waals surface area contributed by atoms with Crippen molar-refractivity contribution in [2.75, 3.05) is 14.2 Å². The molecule has 0 aliphatic carbocycles. The fourth-order valence-corrected chi connectivity index (χ4v) is 2.51. The smallest absolute Gasteiger partial charge is 0.170 e. The van der Waals surface area contributed by atoms with Gasteiger partial charge >= 0.3 is 0 Å². The lowest BCUT2D eigenvalue weighted by molar-refractivity contribution is 0.382. The zero-order chi connectivity index (χ0) is 13.8. The van der Waals surface area contributed by atoms with Crippen LogP contribution in [0.2, 0.25) is 0 Å². The van der Waals surface area contributed by atoms with Crippen LogP contribution in [0.1, 0.15) is 17.2 Å². The van der Waals surface area contributed by atoms with E-state index in [1.54, 1.807) is 18.2 Å². The quantitative estimate of drug-likeness (QED) is 0.921. The second kappa shape index (κ2) is 6.17. The van der Waals surface area contributed by atoms with Crippen LogP contribution >= 0.6 is 15.9 Å². The molecule has 0 spiro atoms. The summed E-state index contributed by atoms with van der Waals surface area (Å²) < 4.78 is 20.3. The Bertz CT molecular complexity index is 574. The zero-order valence-electron chi connectivity index (χ0n) is 10.8. The van der Waals surface area contributed by atoms with Crippen molar-refractivity contribution in [2.24, 2.45) is 0 Å². The first kappa shape index (κ1) is 14.0. The van der Waals surface area contributed by atoms with Crippen molar-refractivity contribution in [3.63, 3.8) is 0 Å². The molecule has 0 fully saturated rings. The topological polar surface area (TPSA) is 21.3 Å². The van der Waals surface area contributed by atoms with Crippen LogP contribution in [-0.4, -0.2) is 14.2 Å². The van der Waals surface area contributed by atoms with Crippen LogP contribution in [-0.2, 0) is 0 Å². The van der Waals surface area contributed by atoms with Gasteiger partial charge in [-0.2, -0.15) is 0 Å². The van der Waals surface area contributed by atoms with Gasteiger partial charge in [0.25, 0.3) is 0 Å². The third kappa shape index (κ3) is 2.96. The highest BCUT2D eigenvalue weighted by molar-refractivity contribution is 9.10. The first-order valence-electron chi connectivity index (χ1n) is 5.92. The molecule has 0 saturated carbocycles. The Hall–Kier alpha value is -1.39. The zero-order valence-corrected chi connectivity index (χ0v) is 12.4. The summed E-state index contributed by atoms with van der Waals surface area (Å²) in [5.41, 5.74) is 1.56. The lowest BCUT2D eigenvalue weighted by Gasteiger charge is -2.19. The molecule has 0 amide bonds. The largest absolute Gasteiger partial charge is 0.494 e. The van der Waals surface area contributed by atoms with Crippen LogP contribution in [0.15, 0.2) is 46.9 Å². The predicted octanol–water partition coefficient (Wildman–Crippen LogP) is 3.91. The third-order valence-electron chi connectivity index (χ3n) is 2.99. The molecular formula is C15H15BrFNO. The van der Waals surface area contributed by atoms with Gasteiger partial charge in [-0.25, -0.2) is 4.39 Å². The van der Waals surface area contributed by atoms with Crippen LogP contribution in [0.5, 0.6) is 5.75 Å². The van der Waals surface area contributed by atoms with Gasteiger partial charge in [0, 0.05) is 10.0 Å². The molecule has 2 rings (SSSR count). The minimum atomic E-state index is -0.329.